The van der Waals surface area contributed by atoms with Crippen molar-refractivity contribution in [1.82, 2.24) is 9.97 Å². The number of hydrogen-bond donors (Lipinski definition) is 1. The molecule has 0 saturated carbocycles. The van der Waals surface area contributed by atoms with E-state index in [9.17, 15) is 22.8 Å². The monoisotopic (exact) mass is 494 g/mol. The standard InChI is InChI=1S/C26H21F3N4O3/c1-15(2)20-13-18(6-7-21(20)36-22-9-11-31-24-19(22)8-10-30-24)33-23(34)14-32(25(33)35)17-5-3-4-16(12-17)26(27,28)29/h3-13,15H,14H2,1-2H3,(H,30,31). The third-order valence-corrected chi connectivity index (χ3v) is 5.96. The van der Waals surface area contributed by atoms with Crippen LogP contribution in [0, 0.1) is 0 Å². The van der Waals surface area contributed by atoms with E-state index in [2.05, 4.69) is 9.97 Å². The van der Waals surface area contributed by atoms with Crippen LogP contribution in [0.1, 0.15) is 30.9 Å². The van der Waals surface area contributed by atoms with Crippen molar-refractivity contribution in [3.63, 3.8) is 0 Å². The third kappa shape index (κ3) is 4.15. The molecule has 1 saturated heterocycles. The lowest BCUT2D eigenvalue weighted by Crippen LogP contribution is -2.33. The maximum absolute atomic E-state index is 13.2. The Morgan fingerprint density at radius 3 is 2.56 bits per heavy atom. The predicted molar refractivity (Wildman–Crippen MR) is 128 cm³/mol. The Bertz CT molecular complexity index is 1480. The topological polar surface area (TPSA) is 78.5 Å². The molecule has 1 fully saturated rings. The summed E-state index contributed by atoms with van der Waals surface area (Å²) in [6.45, 7) is 3.54. The summed E-state index contributed by atoms with van der Waals surface area (Å²) in [4.78, 5) is 35.3. The van der Waals surface area contributed by atoms with Crippen molar-refractivity contribution in [1.29, 1.82) is 0 Å². The number of imide groups is 1. The number of hydrogen-bond acceptors (Lipinski definition) is 4. The van der Waals surface area contributed by atoms with E-state index >= 15 is 0 Å². The second-order valence-electron chi connectivity index (χ2n) is 8.67. The molecular weight excluding hydrogens is 473 g/mol. The van der Waals surface area contributed by atoms with Gasteiger partial charge in [0.1, 0.15) is 23.7 Å². The summed E-state index contributed by atoms with van der Waals surface area (Å²) >= 11 is 0. The molecule has 184 valence electrons. The quantitative estimate of drug-likeness (QED) is 0.323. The van der Waals surface area contributed by atoms with Gasteiger partial charge in [0, 0.05) is 18.1 Å². The van der Waals surface area contributed by atoms with Gasteiger partial charge in [0.05, 0.1) is 16.6 Å². The first-order valence-electron chi connectivity index (χ1n) is 11.2. The molecule has 4 aromatic rings. The second-order valence-corrected chi connectivity index (χ2v) is 8.67. The van der Waals surface area contributed by atoms with E-state index in [1.807, 2.05) is 19.9 Å². The fourth-order valence-corrected chi connectivity index (χ4v) is 4.17. The molecule has 10 heteroatoms. The largest absolute Gasteiger partial charge is 0.456 e. The van der Waals surface area contributed by atoms with Crippen LogP contribution in [0.15, 0.2) is 67.0 Å². The molecule has 3 amide bonds. The SMILES string of the molecule is CC(C)c1cc(N2C(=O)CN(c3cccc(C(F)(F)F)c3)C2=O)ccc1Oc1ccnc2[nH]ccc12. The first-order valence-corrected chi connectivity index (χ1v) is 11.2. The first kappa shape index (κ1) is 23.4. The maximum atomic E-state index is 13.2. The highest BCUT2D eigenvalue weighted by Crippen LogP contribution is 2.38. The summed E-state index contributed by atoms with van der Waals surface area (Å²) in [5.41, 5.74) is 0.860. The summed E-state index contributed by atoms with van der Waals surface area (Å²) in [5.74, 6) is 0.594. The molecule has 1 aliphatic rings. The Labute approximate surface area is 204 Å². The van der Waals surface area contributed by atoms with Gasteiger partial charge in [-0.3, -0.25) is 9.69 Å². The zero-order valence-electron chi connectivity index (χ0n) is 19.3. The van der Waals surface area contributed by atoms with Gasteiger partial charge in [-0.15, -0.1) is 0 Å². The minimum Gasteiger partial charge on any atom is -0.456 e. The van der Waals surface area contributed by atoms with Crippen LogP contribution in [0.5, 0.6) is 11.5 Å². The van der Waals surface area contributed by atoms with Crippen LogP contribution in [-0.2, 0) is 11.0 Å². The third-order valence-electron chi connectivity index (χ3n) is 5.96. The normalized spacial score (nSPS) is 14.4. The van der Waals surface area contributed by atoms with Crippen LogP contribution in [0.3, 0.4) is 0 Å². The molecule has 0 radical (unpaired) electrons. The van der Waals surface area contributed by atoms with Crippen LogP contribution in [-0.4, -0.2) is 28.5 Å². The van der Waals surface area contributed by atoms with Crippen molar-refractivity contribution < 1.29 is 27.5 Å². The number of fused-ring (bicyclic) bond motifs is 1. The average molecular weight is 494 g/mol. The Balaban J connectivity index is 1.46. The molecule has 1 aliphatic heterocycles. The number of amides is 3. The Morgan fingerprint density at radius 1 is 1.00 bits per heavy atom. The molecule has 2 aromatic heterocycles. The molecule has 2 aromatic carbocycles. The van der Waals surface area contributed by atoms with Gasteiger partial charge in [0.2, 0.25) is 0 Å². The average Bonchev–Trinajstić information content (AvgIpc) is 3.43. The van der Waals surface area contributed by atoms with Gasteiger partial charge in [-0.05, 0) is 60.0 Å². The molecule has 0 atom stereocenters. The predicted octanol–water partition coefficient (Wildman–Crippen LogP) is 6.47. The fraction of sp³-hybridized carbons (Fsp3) is 0.192. The van der Waals surface area contributed by atoms with E-state index in [0.29, 0.717) is 22.8 Å². The number of alkyl halides is 3. The number of nitrogens with one attached hydrogen (secondary N) is 1. The molecule has 0 aliphatic carbocycles. The van der Waals surface area contributed by atoms with Crippen molar-refractivity contribution in [2.75, 3.05) is 16.3 Å². The van der Waals surface area contributed by atoms with Crippen molar-refractivity contribution in [2.24, 2.45) is 0 Å². The number of carbonyl (C=O) groups is 2. The molecular formula is C26H21F3N4O3. The molecule has 3 heterocycles. The number of anilines is 2. The van der Waals surface area contributed by atoms with Crippen molar-refractivity contribution in [2.45, 2.75) is 25.9 Å². The number of carbonyl (C=O) groups excluding carboxylic acids is 2. The lowest BCUT2D eigenvalue weighted by Gasteiger charge is -2.21. The van der Waals surface area contributed by atoms with Gasteiger partial charge in [0.25, 0.3) is 5.91 Å². The van der Waals surface area contributed by atoms with Crippen molar-refractivity contribution in [3.8, 4) is 11.5 Å². The summed E-state index contributed by atoms with van der Waals surface area (Å²) in [6.07, 6.45) is -1.18. The van der Waals surface area contributed by atoms with Gasteiger partial charge in [-0.2, -0.15) is 13.2 Å². The van der Waals surface area contributed by atoms with Crippen LogP contribution in [0.4, 0.5) is 29.3 Å². The Kier molecular flexibility index (Phi) is 5.66. The molecule has 7 nitrogen and oxygen atoms in total. The summed E-state index contributed by atoms with van der Waals surface area (Å²) in [7, 11) is 0. The number of urea groups is 1. The molecule has 36 heavy (non-hydrogen) atoms. The highest BCUT2D eigenvalue weighted by Gasteiger charge is 2.39. The van der Waals surface area contributed by atoms with E-state index < -0.39 is 23.7 Å². The number of benzene rings is 2. The van der Waals surface area contributed by atoms with E-state index in [1.165, 1.54) is 12.1 Å². The second kappa shape index (κ2) is 8.71. The summed E-state index contributed by atoms with van der Waals surface area (Å²) in [6, 6.07) is 12.2. The Morgan fingerprint density at radius 2 is 1.81 bits per heavy atom. The van der Waals surface area contributed by atoms with Gasteiger partial charge < -0.3 is 9.72 Å². The molecule has 5 rings (SSSR count). The number of pyridine rings is 1. The summed E-state index contributed by atoms with van der Waals surface area (Å²) < 4.78 is 45.6. The highest BCUT2D eigenvalue weighted by molar-refractivity contribution is 6.27. The highest BCUT2D eigenvalue weighted by atomic mass is 19.4. The van der Waals surface area contributed by atoms with E-state index in [0.717, 1.165) is 32.9 Å². The summed E-state index contributed by atoms with van der Waals surface area (Å²) in [5, 5.41) is 0.804. The van der Waals surface area contributed by atoms with Crippen LogP contribution in [0.2, 0.25) is 0 Å². The number of aromatic nitrogens is 2. The zero-order chi connectivity index (χ0) is 25.6. The van der Waals surface area contributed by atoms with E-state index in [1.54, 1.807) is 36.7 Å². The van der Waals surface area contributed by atoms with Gasteiger partial charge in [-0.25, -0.2) is 14.7 Å². The smallest absolute Gasteiger partial charge is 0.416 e. The maximum Gasteiger partial charge on any atom is 0.416 e. The molecule has 1 N–H and O–H groups in total. The molecule has 0 bridgehead atoms. The zero-order valence-corrected chi connectivity index (χ0v) is 19.3. The number of nitrogens with zero attached hydrogens (tertiary/aromatic N) is 3. The van der Waals surface area contributed by atoms with Gasteiger partial charge >= 0.3 is 12.2 Å². The van der Waals surface area contributed by atoms with Gasteiger partial charge in [0.15, 0.2) is 0 Å². The Hall–Kier alpha value is -4.34. The number of rotatable bonds is 5. The van der Waals surface area contributed by atoms with Crippen molar-refractivity contribution in [3.05, 3.63) is 78.1 Å². The number of H-pyrrole nitrogens is 1. The lowest BCUT2D eigenvalue weighted by molar-refractivity contribution is -0.137. The lowest BCUT2D eigenvalue weighted by atomic mass is 10.0. The first-order chi connectivity index (χ1) is 17.1. The van der Waals surface area contributed by atoms with Crippen molar-refractivity contribution >= 4 is 34.3 Å². The van der Waals surface area contributed by atoms with Gasteiger partial charge in [-0.1, -0.05) is 19.9 Å². The fourth-order valence-electron chi connectivity index (χ4n) is 4.17. The minimum atomic E-state index is -4.56. The molecule has 0 spiro atoms. The van der Waals surface area contributed by atoms with Crippen LogP contribution < -0.4 is 14.5 Å². The van der Waals surface area contributed by atoms with E-state index in [-0.39, 0.29) is 18.2 Å². The van der Waals surface area contributed by atoms with Crippen LogP contribution in [0.25, 0.3) is 11.0 Å². The number of halogens is 3. The molecule has 0 unspecified atom stereocenters. The number of ether oxygens (including phenoxy) is 1. The van der Waals surface area contributed by atoms with E-state index in [4.69, 9.17) is 4.74 Å². The number of aromatic amines is 1. The van der Waals surface area contributed by atoms with Crippen LogP contribution >= 0.6 is 0 Å². The minimum absolute atomic E-state index is 0.00270.